The standard InChI is InChI=1S/C21H20ClF2N5O3/c1-27-19-18(12-28(21(27)31)5-2-6-30)29(11-16-4-3-13(22)10-25-16)20(26-19)32-17-8-14(23)7-15(24)9-17/h3-4,7-10,30H,2,5-6,11-12H2,1H3. The van der Waals surface area contributed by atoms with Crippen molar-refractivity contribution in [2.75, 3.05) is 25.1 Å². The lowest BCUT2D eigenvalue weighted by molar-refractivity contribution is 0.188. The Kier molecular flexibility index (Phi) is 6.24. The monoisotopic (exact) mass is 463 g/mol. The second kappa shape index (κ2) is 9.09. The van der Waals surface area contributed by atoms with E-state index in [2.05, 4.69) is 9.97 Å². The number of anilines is 1. The lowest BCUT2D eigenvalue weighted by Crippen LogP contribution is -2.46. The Morgan fingerprint density at radius 3 is 2.62 bits per heavy atom. The molecule has 3 aromatic rings. The predicted molar refractivity (Wildman–Crippen MR) is 113 cm³/mol. The Hall–Kier alpha value is -3.24. The zero-order valence-electron chi connectivity index (χ0n) is 17.1. The molecule has 0 saturated heterocycles. The van der Waals surface area contributed by atoms with Crippen molar-refractivity contribution in [1.29, 1.82) is 0 Å². The van der Waals surface area contributed by atoms with E-state index in [1.165, 1.54) is 11.1 Å². The van der Waals surface area contributed by atoms with Crippen LogP contribution in [0.5, 0.6) is 11.8 Å². The summed E-state index contributed by atoms with van der Waals surface area (Å²) >= 11 is 5.93. The highest BCUT2D eigenvalue weighted by Gasteiger charge is 2.34. The molecule has 0 spiro atoms. The summed E-state index contributed by atoms with van der Waals surface area (Å²) in [5.74, 6) is -1.27. The highest BCUT2D eigenvalue weighted by Crippen LogP contribution is 2.34. The number of carbonyl (C=O) groups excluding carboxylic acids is 1. The fourth-order valence-electron chi connectivity index (χ4n) is 3.46. The van der Waals surface area contributed by atoms with Gasteiger partial charge < -0.3 is 14.7 Å². The topological polar surface area (TPSA) is 83.7 Å². The van der Waals surface area contributed by atoms with Gasteiger partial charge in [0.2, 0.25) is 0 Å². The molecular formula is C21H20ClF2N5O3. The summed E-state index contributed by atoms with van der Waals surface area (Å²) in [5, 5.41) is 9.64. The highest BCUT2D eigenvalue weighted by molar-refractivity contribution is 6.30. The van der Waals surface area contributed by atoms with Gasteiger partial charge in [0, 0.05) is 44.6 Å². The Morgan fingerprint density at radius 1 is 1.22 bits per heavy atom. The Labute approximate surface area is 187 Å². The van der Waals surface area contributed by atoms with Gasteiger partial charge >= 0.3 is 12.0 Å². The summed E-state index contributed by atoms with van der Waals surface area (Å²) in [6.45, 7) is 0.755. The highest BCUT2D eigenvalue weighted by atomic mass is 35.5. The first-order chi connectivity index (χ1) is 15.4. The molecular weight excluding hydrogens is 444 g/mol. The van der Waals surface area contributed by atoms with Crippen LogP contribution in [0.4, 0.5) is 19.4 Å². The zero-order chi connectivity index (χ0) is 22.8. The number of pyridine rings is 1. The molecule has 11 heteroatoms. The molecule has 0 fully saturated rings. The van der Waals surface area contributed by atoms with Gasteiger partial charge in [0.1, 0.15) is 17.4 Å². The molecule has 1 aliphatic heterocycles. The van der Waals surface area contributed by atoms with Crippen LogP contribution < -0.4 is 9.64 Å². The van der Waals surface area contributed by atoms with Crippen molar-refractivity contribution in [3.05, 3.63) is 64.6 Å². The molecule has 168 valence electrons. The minimum absolute atomic E-state index is 0.0478. The fourth-order valence-corrected chi connectivity index (χ4v) is 3.57. The van der Waals surface area contributed by atoms with E-state index >= 15 is 0 Å². The van der Waals surface area contributed by atoms with Crippen LogP contribution in [0.1, 0.15) is 17.8 Å². The van der Waals surface area contributed by atoms with Gasteiger partial charge in [-0.2, -0.15) is 4.98 Å². The molecule has 2 aromatic heterocycles. The first-order valence-corrected chi connectivity index (χ1v) is 10.2. The van der Waals surface area contributed by atoms with E-state index < -0.39 is 11.6 Å². The normalized spacial score (nSPS) is 13.5. The number of halogens is 3. The SMILES string of the molecule is CN1C(=O)N(CCCO)Cc2c1nc(Oc1cc(F)cc(F)c1)n2Cc1ccc(Cl)cn1. The largest absolute Gasteiger partial charge is 0.425 e. The van der Waals surface area contributed by atoms with Gasteiger partial charge in [-0.3, -0.25) is 14.5 Å². The molecule has 1 aliphatic rings. The van der Waals surface area contributed by atoms with Gasteiger partial charge in [-0.25, -0.2) is 13.6 Å². The number of hydrogen-bond acceptors (Lipinski definition) is 5. The lowest BCUT2D eigenvalue weighted by Gasteiger charge is -2.32. The molecule has 0 radical (unpaired) electrons. The van der Waals surface area contributed by atoms with E-state index in [1.54, 1.807) is 28.6 Å². The molecule has 0 aliphatic carbocycles. The average molecular weight is 464 g/mol. The maximum atomic E-state index is 13.7. The molecule has 3 heterocycles. The van der Waals surface area contributed by atoms with Gasteiger partial charge in [-0.05, 0) is 18.6 Å². The quantitative estimate of drug-likeness (QED) is 0.576. The van der Waals surface area contributed by atoms with Crippen LogP contribution in [0, 0.1) is 11.6 Å². The molecule has 1 aromatic carbocycles. The number of rotatable bonds is 7. The molecule has 32 heavy (non-hydrogen) atoms. The third-order valence-electron chi connectivity index (χ3n) is 4.97. The van der Waals surface area contributed by atoms with Crippen LogP contribution in [0.15, 0.2) is 36.5 Å². The average Bonchev–Trinajstić information content (AvgIpc) is 3.07. The number of aliphatic hydroxyl groups is 1. The zero-order valence-corrected chi connectivity index (χ0v) is 17.9. The van der Waals surface area contributed by atoms with Crippen molar-refractivity contribution < 1.29 is 23.4 Å². The van der Waals surface area contributed by atoms with E-state index in [-0.39, 0.29) is 37.5 Å². The molecule has 4 rings (SSSR count). The van der Waals surface area contributed by atoms with Crippen molar-refractivity contribution in [3.8, 4) is 11.8 Å². The number of benzene rings is 1. The van der Waals surface area contributed by atoms with Gasteiger partial charge in [-0.1, -0.05) is 11.6 Å². The van der Waals surface area contributed by atoms with Crippen molar-refractivity contribution in [2.45, 2.75) is 19.5 Å². The van der Waals surface area contributed by atoms with Crippen LogP contribution in [-0.2, 0) is 13.1 Å². The lowest BCUT2D eigenvalue weighted by atomic mass is 10.2. The van der Waals surface area contributed by atoms with E-state index in [0.717, 1.165) is 18.2 Å². The summed E-state index contributed by atoms with van der Waals surface area (Å²) in [7, 11) is 1.58. The number of amides is 2. The van der Waals surface area contributed by atoms with E-state index in [0.29, 0.717) is 35.2 Å². The first kappa shape index (κ1) is 22.0. The number of carbonyl (C=O) groups is 1. The van der Waals surface area contributed by atoms with Crippen molar-refractivity contribution in [2.24, 2.45) is 0 Å². The van der Waals surface area contributed by atoms with Gasteiger partial charge in [0.15, 0.2) is 5.82 Å². The third-order valence-corrected chi connectivity index (χ3v) is 5.20. The van der Waals surface area contributed by atoms with E-state index in [9.17, 15) is 13.6 Å². The number of ether oxygens (including phenoxy) is 1. The molecule has 0 bridgehead atoms. The summed E-state index contributed by atoms with van der Waals surface area (Å²) in [4.78, 5) is 24.4. The van der Waals surface area contributed by atoms with Crippen molar-refractivity contribution in [3.63, 3.8) is 0 Å². The second-order valence-corrected chi connectivity index (χ2v) is 7.70. The predicted octanol–water partition coefficient (Wildman–Crippen LogP) is 3.80. The summed E-state index contributed by atoms with van der Waals surface area (Å²) in [6.07, 6.45) is 1.93. The van der Waals surface area contributed by atoms with Crippen LogP contribution in [0.3, 0.4) is 0 Å². The number of fused-ring (bicyclic) bond motifs is 1. The van der Waals surface area contributed by atoms with Gasteiger partial charge in [-0.15, -0.1) is 0 Å². The number of nitrogens with zero attached hydrogens (tertiary/aromatic N) is 5. The fraction of sp³-hybridized carbons (Fsp3) is 0.286. The molecule has 8 nitrogen and oxygen atoms in total. The number of hydrogen-bond donors (Lipinski definition) is 1. The Balaban J connectivity index is 1.76. The maximum absolute atomic E-state index is 13.7. The minimum Gasteiger partial charge on any atom is -0.425 e. The van der Waals surface area contributed by atoms with Crippen LogP contribution in [-0.4, -0.2) is 50.8 Å². The van der Waals surface area contributed by atoms with E-state index in [4.69, 9.17) is 21.4 Å². The van der Waals surface area contributed by atoms with Crippen LogP contribution >= 0.6 is 11.6 Å². The maximum Gasteiger partial charge on any atom is 0.325 e. The summed E-state index contributed by atoms with van der Waals surface area (Å²) in [6, 6.07) is 6.05. The summed E-state index contributed by atoms with van der Waals surface area (Å²) in [5.41, 5.74) is 1.31. The number of imidazole rings is 1. The number of aliphatic hydroxyl groups excluding tert-OH is 1. The van der Waals surface area contributed by atoms with E-state index in [1.807, 2.05) is 0 Å². The van der Waals surface area contributed by atoms with Gasteiger partial charge in [0.25, 0.3) is 0 Å². The van der Waals surface area contributed by atoms with Crippen LogP contribution in [0.25, 0.3) is 0 Å². The number of aromatic nitrogens is 3. The van der Waals surface area contributed by atoms with Gasteiger partial charge in [0.05, 0.1) is 29.5 Å². The smallest absolute Gasteiger partial charge is 0.325 e. The Morgan fingerprint density at radius 2 is 1.97 bits per heavy atom. The second-order valence-electron chi connectivity index (χ2n) is 7.27. The Bertz CT molecular complexity index is 1120. The molecule has 0 atom stereocenters. The molecule has 1 N–H and O–H groups in total. The third kappa shape index (κ3) is 4.51. The summed E-state index contributed by atoms with van der Waals surface area (Å²) < 4.78 is 34.8. The first-order valence-electron chi connectivity index (χ1n) is 9.83. The van der Waals surface area contributed by atoms with Crippen molar-refractivity contribution >= 4 is 23.4 Å². The molecule has 2 amide bonds. The molecule has 0 unspecified atom stereocenters. The van der Waals surface area contributed by atoms with Crippen molar-refractivity contribution in [1.82, 2.24) is 19.4 Å². The minimum atomic E-state index is -0.787. The number of urea groups is 1. The van der Waals surface area contributed by atoms with Crippen LogP contribution in [0.2, 0.25) is 5.02 Å². The molecule has 0 saturated carbocycles.